The lowest BCUT2D eigenvalue weighted by Gasteiger charge is -2.11. The Morgan fingerprint density at radius 3 is 2.62 bits per heavy atom. The molecule has 3 heteroatoms. The molecular formula is C13H13ClFN. The van der Waals surface area contributed by atoms with Crippen LogP contribution in [0.25, 0.3) is 10.9 Å². The minimum Gasteiger partial charge on any atom is -0.252 e. The average molecular weight is 238 g/mol. The van der Waals surface area contributed by atoms with Crippen LogP contribution in [0.4, 0.5) is 4.39 Å². The summed E-state index contributed by atoms with van der Waals surface area (Å²) in [6.07, 6.45) is 0.837. The Balaban J connectivity index is 2.92. The molecule has 0 aliphatic rings. The van der Waals surface area contributed by atoms with Crippen LogP contribution >= 0.6 is 11.6 Å². The third-order valence-corrected chi connectivity index (χ3v) is 3.37. The smallest absolute Gasteiger partial charge is 0.128 e. The molecule has 0 spiro atoms. The molecule has 16 heavy (non-hydrogen) atoms. The zero-order valence-electron chi connectivity index (χ0n) is 9.56. The highest BCUT2D eigenvalue weighted by Crippen LogP contribution is 2.30. The van der Waals surface area contributed by atoms with Gasteiger partial charge in [0.05, 0.1) is 10.5 Å². The standard InChI is InChI=1S/C13H13ClFN/c1-4-9-8(3)16-13-7(2)11(15)6-5-10(13)12(9)14/h5-6H,4H2,1-3H3. The van der Waals surface area contributed by atoms with E-state index in [9.17, 15) is 4.39 Å². The molecule has 1 aromatic carbocycles. The largest absolute Gasteiger partial charge is 0.252 e. The van der Waals surface area contributed by atoms with Gasteiger partial charge in [-0.05, 0) is 38.0 Å². The number of aryl methyl sites for hydroxylation is 2. The van der Waals surface area contributed by atoms with E-state index in [0.29, 0.717) is 16.1 Å². The topological polar surface area (TPSA) is 12.9 Å². The first-order chi connectivity index (χ1) is 7.56. The number of rotatable bonds is 1. The molecule has 0 bridgehead atoms. The summed E-state index contributed by atoms with van der Waals surface area (Å²) < 4.78 is 13.4. The molecule has 1 nitrogen and oxygen atoms in total. The van der Waals surface area contributed by atoms with Crippen molar-refractivity contribution in [1.82, 2.24) is 4.98 Å². The Morgan fingerprint density at radius 1 is 1.31 bits per heavy atom. The number of pyridine rings is 1. The van der Waals surface area contributed by atoms with Gasteiger partial charge < -0.3 is 0 Å². The summed E-state index contributed by atoms with van der Waals surface area (Å²) in [7, 11) is 0. The SMILES string of the molecule is CCc1c(C)nc2c(C)c(F)ccc2c1Cl. The van der Waals surface area contributed by atoms with Crippen LogP contribution in [-0.4, -0.2) is 4.98 Å². The number of aromatic nitrogens is 1. The summed E-state index contributed by atoms with van der Waals surface area (Å²) in [5, 5.41) is 1.54. The highest BCUT2D eigenvalue weighted by molar-refractivity contribution is 6.36. The molecule has 0 saturated heterocycles. The highest BCUT2D eigenvalue weighted by atomic mass is 35.5. The lowest BCUT2D eigenvalue weighted by Crippen LogP contribution is -1.97. The van der Waals surface area contributed by atoms with Crippen LogP contribution in [-0.2, 0) is 6.42 Å². The van der Waals surface area contributed by atoms with Gasteiger partial charge in [0.1, 0.15) is 5.82 Å². The van der Waals surface area contributed by atoms with E-state index < -0.39 is 0 Å². The van der Waals surface area contributed by atoms with Crippen LogP contribution in [0.5, 0.6) is 0 Å². The number of fused-ring (bicyclic) bond motifs is 1. The molecule has 0 radical (unpaired) electrons. The fourth-order valence-electron chi connectivity index (χ4n) is 1.96. The summed E-state index contributed by atoms with van der Waals surface area (Å²) in [6, 6.07) is 3.14. The van der Waals surface area contributed by atoms with Gasteiger partial charge in [-0.15, -0.1) is 0 Å². The fraction of sp³-hybridized carbons (Fsp3) is 0.308. The van der Waals surface area contributed by atoms with E-state index in [2.05, 4.69) is 4.98 Å². The zero-order valence-corrected chi connectivity index (χ0v) is 10.3. The molecule has 0 amide bonds. The average Bonchev–Trinajstić information content (AvgIpc) is 2.25. The molecule has 1 aromatic heterocycles. The zero-order chi connectivity index (χ0) is 11.9. The molecule has 2 aromatic rings. The van der Waals surface area contributed by atoms with Gasteiger partial charge in [-0.1, -0.05) is 18.5 Å². The second-order valence-electron chi connectivity index (χ2n) is 3.91. The summed E-state index contributed by atoms with van der Waals surface area (Å²) in [5.74, 6) is -0.236. The maximum atomic E-state index is 13.4. The van der Waals surface area contributed by atoms with Crippen LogP contribution < -0.4 is 0 Å². The van der Waals surface area contributed by atoms with Gasteiger partial charge in [0.15, 0.2) is 0 Å². The van der Waals surface area contributed by atoms with Crippen molar-refractivity contribution < 1.29 is 4.39 Å². The maximum absolute atomic E-state index is 13.4. The summed E-state index contributed by atoms with van der Waals surface area (Å²) in [6.45, 7) is 5.68. The molecule has 84 valence electrons. The van der Waals surface area contributed by atoms with E-state index in [1.807, 2.05) is 13.8 Å². The fourth-order valence-corrected chi connectivity index (χ4v) is 2.39. The van der Waals surface area contributed by atoms with Crippen LogP contribution in [0.3, 0.4) is 0 Å². The minimum absolute atomic E-state index is 0.236. The van der Waals surface area contributed by atoms with E-state index >= 15 is 0 Å². The normalized spacial score (nSPS) is 11.1. The van der Waals surface area contributed by atoms with Gasteiger partial charge in [0, 0.05) is 16.6 Å². The van der Waals surface area contributed by atoms with Crippen molar-refractivity contribution in [2.45, 2.75) is 27.2 Å². The van der Waals surface area contributed by atoms with Crippen LogP contribution in [0.1, 0.15) is 23.7 Å². The predicted molar refractivity (Wildman–Crippen MR) is 65.6 cm³/mol. The van der Waals surface area contributed by atoms with Crippen molar-refractivity contribution in [1.29, 1.82) is 0 Å². The number of hydrogen-bond acceptors (Lipinski definition) is 1. The number of benzene rings is 1. The Hall–Kier alpha value is -1.15. The molecule has 0 atom stereocenters. The quantitative estimate of drug-likeness (QED) is 0.724. The highest BCUT2D eigenvalue weighted by Gasteiger charge is 2.12. The molecule has 0 saturated carbocycles. The Bertz CT molecular complexity index is 564. The van der Waals surface area contributed by atoms with Gasteiger partial charge in [-0.3, -0.25) is 4.98 Å². The molecule has 0 N–H and O–H groups in total. The van der Waals surface area contributed by atoms with Crippen molar-refractivity contribution in [3.05, 3.63) is 39.8 Å². The lowest BCUT2D eigenvalue weighted by atomic mass is 10.0. The second-order valence-corrected chi connectivity index (χ2v) is 4.29. The summed E-state index contributed by atoms with van der Waals surface area (Å²) in [4.78, 5) is 4.44. The molecule has 0 fully saturated rings. The number of hydrogen-bond donors (Lipinski definition) is 0. The predicted octanol–water partition coefficient (Wildman–Crippen LogP) is 4.21. The Kier molecular flexibility index (Phi) is 2.85. The number of nitrogens with zero attached hydrogens (tertiary/aromatic N) is 1. The van der Waals surface area contributed by atoms with Crippen molar-refractivity contribution in [2.24, 2.45) is 0 Å². The van der Waals surface area contributed by atoms with E-state index in [1.165, 1.54) is 6.07 Å². The third kappa shape index (κ3) is 1.57. The first-order valence-corrected chi connectivity index (χ1v) is 5.67. The van der Waals surface area contributed by atoms with Crippen molar-refractivity contribution in [3.63, 3.8) is 0 Å². The van der Waals surface area contributed by atoms with Gasteiger partial charge in [0.25, 0.3) is 0 Å². The minimum atomic E-state index is -0.236. The van der Waals surface area contributed by atoms with Crippen molar-refractivity contribution >= 4 is 22.5 Å². The van der Waals surface area contributed by atoms with Crippen LogP contribution in [0, 0.1) is 19.7 Å². The van der Waals surface area contributed by atoms with Crippen molar-refractivity contribution in [3.8, 4) is 0 Å². The van der Waals surface area contributed by atoms with Gasteiger partial charge in [0.2, 0.25) is 0 Å². The summed E-state index contributed by atoms with van der Waals surface area (Å²) in [5.41, 5.74) is 3.15. The van der Waals surface area contributed by atoms with E-state index in [4.69, 9.17) is 11.6 Å². The lowest BCUT2D eigenvalue weighted by molar-refractivity contribution is 0.620. The molecule has 0 aliphatic carbocycles. The van der Waals surface area contributed by atoms with E-state index in [0.717, 1.165) is 23.1 Å². The monoisotopic (exact) mass is 237 g/mol. The molecule has 0 unspecified atom stereocenters. The molecule has 1 heterocycles. The molecule has 0 aliphatic heterocycles. The summed E-state index contributed by atoms with van der Waals surface area (Å²) >= 11 is 6.31. The Labute approximate surface area is 99.3 Å². The van der Waals surface area contributed by atoms with Crippen molar-refractivity contribution in [2.75, 3.05) is 0 Å². The van der Waals surface area contributed by atoms with Gasteiger partial charge in [-0.2, -0.15) is 0 Å². The van der Waals surface area contributed by atoms with Gasteiger partial charge >= 0.3 is 0 Å². The first kappa shape index (κ1) is 11.3. The maximum Gasteiger partial charge on any atom is 0.128 e. The van der Waals surface area contributed by atoms with Gasteiger partial charge in [-0.25, -0.2) is 4.39 Å². The third-order valence-electron chi connectivity index (χ3n) is 2.94. The van der Waals surface area contributed by atoms with Crippen LogP contribution in [0.15, 0.2) is 12.1 Å². The van der Waals surface area contributed by atoms with E-state index in [-0.39, 0.29) is 5.82 Å². The number of halogens is 2. The van der Waals surface area contributed by atoms with E-state index in [1.54, 1.807) is 13.0 Å². The molecule has 2 rings (SSSR count). The molecular weight excluding hydrogens is 225 g/mol. The second kappa shape index (κ2) is 4.02. The first-order valence-electron chi connectivity index (χ1n) is 5.30. The Morgan fingerprint density at radius 2 is 2.00 bits per heavy atom. The van der Waals surface area contributed by atoms with Crippen LogP contribution in [0.2, 0.25) is 5.02 Å².